The topological polar surface area (TPSA) is 106 Å². The van der Waals surface area contributed by atoms with Crippen molar-refractivity contribution in [3.05, 3.63) is 28.2 Å². The Balaban J connectivity index is 2.16. The minimum Gasteiger partial charge on any atom is -0.349 e. The van der Waals surface area contributed by atoms with Crippen molar-refractivity contribution in [1.82, 2.24) is 5.32 Å². The fraction of sp³-hybridized carbons (Fsp3) is 0.417. The van der Waals surface area contributed by atoms with Crippen LogP contribution in [0.4, 0.5) is 0 Å². The molecule has 9 heteroatoms. The highest BCUT2D eigenvalue weighted by molar-refractivity contribution is 9.10. The Morgan fingerprint density at radius 1 is 1.29 bits per heavy atom. The summed E-state index contributed by atoms with van der Waals surface area (Å²) in [5.41, 5.74) is 0.222. The molecule has 1 amide bonds. The van der Waals surface area contributed by atoms with Gasteiger partial charge in [-0.1, -0.05) is 15.9 Å². The number of primary sulfonamides is 1. The Bertz CT molecular complexity index is 680. The third-order valence-corrected chi connectivity index (χ3v) is 5.92. The molecule has 0 bridgehead atoms. The number of amides is 1. The molecule has 21 heavy (non-hydrogen) atoms. The van der Waals surface area contributed by atoms with Gasteiger partial charge in [-0.2, -0.15) is 0 Å². The molecule has 6 nitrogen and oxygen atoms in total. The molecule has 0 radical (unpaired) electrons. The van der Waals surface area contributed by atoms with Crippen LogP contribution in [-0.4, -0.2) is 36.1 Å². The molecule has 3 N–H and O–H groups in total. The van der Waals surface area contributed by atoms with E-state index in [2.05, 4.69) is 21.2 Å². The molecule has 1 aromatic rings. The van der Waals surface area contributed by atoms with Crippen LogP contribution >= 0.6 is 15.9 Å². The predicted molar refractivity (Wildman–Crippen MR) is 83.9 cm³/mol. The maximum absolute atomic E-state index is 12.2. The Morgan fingerprint density at radius 3 is 2.48 bits per heavy atom. The van der Waals surface area contributed by atoms with E-state index in [9.17, 15) is 17.4 Å². The van der Waals surface area contributed by atoms with Gasteiger partial charge in [0.2, 0.25) is 10.0 Å². The summed E-state index contributed by atoms with van der Waals surface area (Å²) in [6, 6.07) is 4.09. The van der Waals surface area contributed by atoms with Gasteiger partial charge in [0.1, 0.15) is 0 Å². The van der Waals surface area contributed by atoms with Crippen molar-refractivity contribution in [2.75, 3.05) is 11.5 Å². The molecule has 1 heterocycles. The lowest BCUT2D eigenvalue weighted by atomic mass is 10.1. The average Bonchev–Trinajstić information content (AvgIpc) is 2.39. The van der Waals surface area contributed by atoms with E-state index < -0.39 is 20.8 Å². The molecule has 0 aliphatic carbocycles. The number of halogens is 1. The summed E-state index contributed by atoms with van der Waals surface area (Å²) in [4.78, 5) is 12.1. The Hall–Kier alpha value is -0.770. The van der Waals surface area contributed by atoms with Crippen molar-refractivity contribution in [2.24, 2.45) is 5.14 Å². The molecule has 1 aliphatic heterocycles. The lowest BCUT2D eigenvalue weighted by Crippen LogP contribution is -2.39. The molecule has 1 saturated heterocycles. The second-order valence-electron chi connectivity index (χ2n) is 4.82. The number of nitrogens with two attached hydrogens (primary N) is 1. The molecule has 1 fully saturated rings. The number of benzene rings is 1. The normalized spacial score (nSPS) is 22.8. The molecule has 0 atom stereocenters. The van der Waals surface area contributed by atoms with Crippen LogP contribution in [0.25, 0.3) is 0 Å². The van der Waals surface area contributed by atoms with Crippen LogP contribution in [0.5, 0.6) is 0 Å². The third kappa shape index (κ3) is 4.60. The van der Waals surface area contributed by atoms with Gasteiger partial charge in [0.05, 0.1) is 4.90 Å². The molecule has 116 valence electrons. The zero-order valence-electron chi connectivity index (χ0n) is 11.0. The summed E-state index contributed by atoms with van der Waals surface area (Å²) in [6.07, 6.45) is 1.32. The number of rotatable bonds is 3. The van der Waals surface area contributed by atoms with Crippen molar-refractivity contribution >= 4 is 42.7 Å². The van der Waals surface area contributed by atoms with Gasteiger partial charge in [-0.05, 0) is 31.0 Å². The molecular formula is C12H15BrN2O4S2. The van der Waals surface area contributed by atoms with Gasteiger partial charge in [0.15, 0.2) is 0 Å². The first-order valence-electron chi connectivity index (χ1n) is 6.25. The third-order valence-electron chi connectivity index (χ3n) is 3.19. The maximum atomic E-state index is 12.2. The molecule has 1 aromatic carbocycles. The van der Waals surface area contributed by atoms with Gasteiger partial charge in [0, 0.05) is 38.4 Å². The van der Waals surface area contributed by atoms with Crippen LogP contribution in [-0.2, 0) is 20.8 Å². The summed E-state index contributed by atoms with van der Waals surface area (Å²) in [6.45, 7) is 0. The summed E-state index contributed by atoms with van der Waals surface area (Å²) >= 11 is 3.17. The number of nitrogens with one attached hydrogen (secondary N) is 1. The average molecular weight is 395 g/mol. The van der Waals surface area contributed by atoms with Crippen LogP contribution in [0.15, 0.2) is 27.6 Å². The van der Waals surface area contributed by atoms with E-state index >= 15 is 0 Å². The minimum atomic E-state index is -3.87. The van der Waals surface area contributed by atoms with E-state index in [0.29, 0.717) is 28.8 Å². The van der Waals surface area contributed by atoms with Gasteiger partial charge in [-0.15, -0.1) is 0 Å². The van der Waals surface area contributed by atoms with E-state index in [1.54, 1.807) is 0 Å². The smallest absolute Gasteiger partial charge is 0.251 e. The van der Waals surface area contributed by atoms with Crippen LogP contribution < -0.4 is 10.5 Å². The van der Waals surface area contributed by atoms with Crippen molar-refractivity contribution in [2.45, 2.75) is 23.8 Å². The Labute approximate surface area is 134 Å². The fourth-order valence-corrected chi connectivity index (χ4v) is 4.59. The second kappa shape index (κ2) is 6.55. The summed E-state index contributed by atoms with van der Waals surface area (Å²) in [5, 5.41) is 7.91. The van der Waals surface area contributed by atoms with Crippen molar-refractivity contribution in [3.63, 3.8) is 0 Å². The molecule has 0 unspecified atom stereocenters. The highest BCUT2D eigenvalue weighted by Gasteiger charge is 2.21. The number of carbonyl (C=O) groups excluding carboxylic acids is 1. The van der Waals surface area contributed by atoms with Gasteiger partial charge < -0.3 is 5.32 Å². The zero-order chi connectivity index (χ0) is 15.6. The quantitative estimate of drug-likeness (QED) is 0.787. The lowest BCUT2D eigenvalue weighted by Gasteiger charge is -2.22. The highest BCUT2D eigenvalue weighted by atomic mass is 79.9. The zero-order valence-corrected chi connectivity index (χ0v) is 14.3. The van der Waals surface area contributed by atoms with Crippen LogP contribution in [0, 0.1) is 0 Å². The number of sulfonamides is 1. The summed E-state index contributed by atoms with van der Waals surface area (Å²) < 4.78 is 34.5. The molecular weight excluding hydrogens is 380 g/mol. The lowest BCUT2D eigenvalue weighted by molar-refractivity contribution is 0.0934. The van der Waals surface area contributed by atoms with Gasteiger partial charge in [0.25, 0.3) is 5.91 Å². The van der Waals surface area contributed by atoms with Gasteiger partial charge in [-0.25, -0.2) is 13.6 Å². The van der Waals surface area contributed by atoms with E-state index in [1.165, 1.54) is 18.2 Å². The van der Waals surface area contributed by atoms with Crippen molar-refractivity contribution < 1.29 is 17.4 Å². The molecule has 0 spiro atoms. The minimum absolute atomic E-state index is 0.0351. The second-order valence-corrected chi connectivity index (χ2v) is 8.99. The van der Waals surface area contributed by atoms with Gasteiger partial charge in [-0.3, -0.25) is 9.00 Å². The molecule has 0 aromatic heterocycles. The SMILES string of the molecule is NS(=O)(=O)c1cc(Br)cc(C(=O)NC2CCS(=O)CC2)c1. The maximum Gasteiger partial charge on any atom is 0.251 e. The van der Waals surface area contributed by atoms with Crippen molar-refractivity contribution in [3.8, 4) is 0 Å². The largest absolute Gasteiger partial charge is 0.349 e. The first kappa shape index (κ1) is 16.6. The highest BCUT2D eigenvalue weighted by Crippen LogP contribution is 2.19. The number of hydrogen-bond acceptors (Lipinski definition) is 4. The summed E-state index contributed by atoms with van der Waals surface area (Å²) in [5.74, 6) is 0.788. The van der Waals surface area contributed by atoms with Gasteiger partial charge >= 0.3 is 0 Å². The van der Waals surface area contributed by atoms with E-state index in [1.807, 2.05) is 0 Å². The van der Waals surface area contributed by atoms with Crippen LogP contribution in [0.1, 0.15) is 23.2 Å². The van der Waals surface area contributed by atoms with Crippen LogP contribution in [0.2, 0.25) is 0 Å². The number of carbonyl (C=O) groups is 1. The molecule has 0 saturated carbocycles. The van der Waals surface area contributed by atoms with E-state index in [4.69, 9.17) is 5.14 Å². The summed E-state index contributed by atoms with van der Waals surface area (Å²) in [7, 11) is -4.67. The fourth-order valence-electron chi connectivity index (χ4n) is 2.06. The molecule has 2 rings (SSSR count). The number of hydrogen-bond donors (Lipinski definition) is 2. The van der Waals surface area contributed by atoms with E-state index in [-0.39, 0.29) is 22.4 Å². The predicted octanol–water partition coefficient (Wildman–Crippen LogP) is 0.737. The first-order chi connectivity index (χ1) is 9.75. The Kier molecular flexibility index (Phi) is 5.18. The van der Waals surface area contributed by atoms with Crippen molar-refractivity contribution in [1.29, 1.82) is 0 Å². The standard InChI is InChI=1S/C12H15BrN2O4S2/c13-9-5-8(6-11(7-9)21(14,18)19)12(16)15-10-1-3-20(17)4-2-10/h5-7,10H,1-4H2,(H,15,16)(H2,14,18,19). The first-order valence-corrected chi connectivity index (χ1v) is 10.1. The van der Waals surface area contributed by atoms with E-state index in [0.717, 1.165) is 0 Å². The van der Waals surface area contributed by atoms with Crippen LogP contribution in [0.3, 0.4) is 0 Å². The Morgan fingerprint density at radius 2 is 1.90 bits per heavy atom. The molecule has 1 aliphatic rings. The monoisotopic (exact) mass is 394 g/mol.